The topological polar surface area (TPSA) is 49.8 Å². The van der Waals surface area contributed by atoms with E-state index in [0.29, 0.717) is 12.6 Å². The standard InChI is InChI=1S/C16H21NO3/c1-2-20-15-6-4-3-5-11(15)10-17-12-7-8-14(17)13(9-12)16(18)19/h3-6,12-14H,2,7-10H2,1H3,(H,18,19). The molecule has 2 aliphatic rings. The molecule has 3 rings (SSSR count). The molecule has 4 heteroatoms. The number of rotatable bonds is 5. The highest BCUT2D eigenvalue weighted by atomic mass is 16.5. The maximum atomic E-state index is 11.3. The van der Waals surface area contributed by atoms with Crippen LogP contribution in [0.4, 0.5) is 0 Å². The lowest BCUT2D eigenvalue weighted by Crippen LogP contribution is -2.32. The molecule has 4 nitrogen and oxygen atoms in total. The summed E-state index contributed by atoms with van der Waals surface area (Å²) in [7, 11) is 0. The molecule has 0 spiro atoms. The smallest absolute Gasteiger partial charge is 0.308 e. The first-order valence-electron chi connectivity index (χ1n) is 7.40. The van der Waals surface area contributed by atoms with E-state index in [4.69, 9.17) is 4.74 Å². The number of fused-ring (bicyclic) bond motifs is 2. The van der Waals surface area contributed by atoms with Gasteiger partial charge >= 0.3 is 5.97 Å². The molecule has 0 aromatic heterocycles. The number of carbonyl (C=O) groups is 1. The van der Waals surface area contributed by atoms with Crippen LogP contribution in [0.15, 0.2) is 24.3 Å². The maximum absolute atomic E-state index is 11.3. The Morgan fingerprint density at radius 3 is 2.90 bits per heavy atom. The van der Waals surface area contributed by atoms with Crippen molar-refractivity contribution in [3.8, 4) is 5.75 Å². The van der Waals surface area contributed by atoms with Crippen LogP contribution >= 0.6 is 0 Å². The molecule has 2 fully saturated rings. The Morgan fingerprint density at radius 1 is 1.40 bits per heavy atom. The van der Waals surface area contributed by atoms with E-state index >= 15 is 0 Å². The molecule has 3 atom stereocenters. The summed E-state index contributed by atoms with van der Waals surface area (Å²) >= 11 is 0. The molecule has 2 aliphatic heterocycles. The van der Waals surface area contributed by atoms with Gasteiger partial charge in [0.25, 0.3) is 0 Å². The molecule has 1 N–H and O–H groups in total. The zero-order valence-electron chi connectivity index (χ0n) is 11.8. The van der Waals surface area contributed by atoms with Gasteiger partial charge in [0.1, 0.15) is 5.75 Å². The van der Waals surface area contributed by atoms with E-state index in [0.717, 1.165) is 37.1 Å². The summed E-state index contributed by atoms with van der Waals surface area (Å²) in [5.74, 6) is 0.0986. The van der Waals surface area contributed by atoms with Crippen molar-refractivity contribution in [3.05, 3.63) is 29.8 Å². The number of para-hydroxylation sites is 1. The summed E-state index contributed by atoms with van der Waals surface area (Å²) < 4.78 is 5.67. The molecule has 0 amide bonds. The van der Waals surface area contributed by atoms with Gasteiger partial charge in [-0.15, -0.1) is 0 Å². The summed E-state index contributed by atoms with van der Waals surface area (Å²) in [6.45, 7) is 3.44. The van der Waals surface area contributed by atoms with Crippen LogP contribution in [0.2, 0.25) is 0 Å². The summed E-state index contributed by atoms with van der Waals surface area (Å²) in [5.41, 5.74) is 1.16. The minimum absolute atomic E-state index is 0.187. The van der Waals surface area contributed by atoms with Crippen molar-refractivity contribution < 1.29 is 14.6 Å². The van der Waals surface area contributed by atoms with Crippen molar-refractivity contribution in [2.24, 2.45) is 5.92 Å². The SMILES string of the molecule is CCOc1ccccc1CN1C2CCC1C(C(=O)O)C2. The van der Waals surface area contributed by atoms with Crippen LogP contribution in [0.25, 0.3) is 0 Å². The predicted molar refractivity (Wildman–Crippen MR) is 75.7 cm³/mol. The summed E-state index contributed by atoms with van der Waals surface area (Å²) in [6.07, 6.45) is 2.94. The highest BCUT2D eigenvalue weighted by Crippen LogP contribution is 2.43. The van der Waals surface area contributed by atoms with Gasteiger partial charge in [0, 0.05) is 24.2 Å². The Hall–Kier alpha value is -1.55. The molecule has 1 aromatic carbocycles. The highest BCUT2D eigenvalue weighted by Gasteiger charge is 2.49. The van der Waals surface area contributed by atoms with E-state index in [-0.39, 0.29) is 12.0 Å². The summed E-state index contributed by atoms with van der Waals surface area (Å²) in [5, 5.41) is 9.31. The molecule has 20 heavy (non-hydrogen) atoms. The second kappa shape index (κ2) is 5.44. The number of carboxylic acid groups (broad SMARTS) is 1. The van der Waals surface area contributed by atoms with Crippen LogP contribution in [0.1, 0.15) is 31.7 Å². The van der Waals surface area contributed by atoms with Crippen LogP contribution in [0, 0.1) is 5.92 Å². The number of carboxylic acids is 1. The molecule has 3 unspecified atom stereocenters. The first-order chi connectivity index (χ1) is 9.70. The Bertz CT molecular complexity index is 502. The predicted octanol–water partition coefficient (Wildman–Crippen LogP) is 2.52. The van der Waals surface area contributed by atoms with E-state index in [1.807, 2.05) is 25.1 Å². The zero-order valence-corrected chi connectivity index (χ0v) is 11.8. The van der Waals surface area contributed by atoms with Gasteiger partial charge in [-0.25, -0.2) is 0 Å². The van der Waals surface area contributed by atoms with E-state index in [1.54, 1.807) is 0 Å². The lowest BCUT2D eigenvalue weighted by molar-refractivity contribution is -0.142. The second-order valence-corrected chi connectivity index (χ2v) is 5.69. The molecule has 2 saturated heterocycles. The quantitative estimate of drug-likeness (QED) is 0.897. The van der Waals surface area contributed by atoms with E-state index in [1.165, 1.54) is 0 Å². The van der Waals surface area contributed by atoms with E-state index in [9.17, 15) is 9.90 Å². The van der Waals surface area contributed by atoms with Crippen LogP contribution in [-0.4, -0.2) is 34.7 Å². The van der Waals surface area contributed by atoms with Gasteiger partial charge in [-0.3, -0.25) is 9.69 Å². The van der Waals surface area contributed by atoms with Gasteiger partial charge in [-0.05, 0) is 32.3 Å². The van der Waals surface area contributed by atoms with Crippen molar-refractivity contribution >= 4 is 5.97 Å². The third-order valence-corrected chi connectivity index (χ3v) is 4.62. The van der Waals surface area contributed by atoms with E-state index < -0.39 is 5.97 Å². The van der Waals surface area contributed by atoms with Gasteiger partial charge < -0.3 is 9.84 Å². The molecule has 0 radical (unpaired) electrons. The lowest BCUT2D eigenvalue weighted by atomic mass is 9.89. The molecule has 1 aromatic rings. The van der Waals surface area contributed by atoms with Crippen LogP contribution < -0.4 is 4.74 Å². The minimum atomic E-state index is -0.639. The van der Waals surface area contributed by atoms with E-state index in [2.05, 4.69) is 11.0 Å². The minimum Gasteiger partial charge on any atom is -0.494 e. The number of benzene rings is 1. The molecule has 108 valence electrons. The van der Waals surface area contributed by atoms with Gasteiger partial charge in [0.2, 0.25) is 0 Å². The Kier molecular flexibility index (Phi) is 3.66. The monoisotopic (exact) mass is 275 g/mol. The summed E-state index contributed by atoms with van der Waals surface area (Å²) in [4.78, 5) is 13.7. The Morgan fingerprint density at radius 2 is 2.20 bits per heavy atom. The van der Waals surface area contributed by atoms with Crippen LogP contribution in [0.5, 0.6) is 5.75 Å². The highest BCUT2D eigenvalue weighted by molar-refractivity contribution is 5.71. The Labute approximate surface area is 119 Å². The lowest BCUT2D eigenvalue weighted by Gasteiger charge is -2.23. The fourth-order valence-electron chi connectivity index (χ4n) is 3.74. The van der Waals surface area contributed by atoms with Crippen molar-refractivity contribution in [2.45, 2.75) is 44.8 Å². The Balaban J connectivity index is 1.77. The van der Waals surface area contributed by atoms with Crippen LogP contribution in [-0.2, 0) is 11.3 Å². The third-order valence-electron chi connectivity index (χ3n) is 4.62. The number of nitrogens with zero attached hydrogens (tertiary/aromatic N) is 1. The first-order valence-corrected chi connectivity index (χ1v) is 7.40. The number of ether oxygens (including phenoxy) is 1. The molecular formula is C16H21NO3. The summed E-state index contributed by atoms with van der Waals surface area (Å²) in [6, 6.07) is 8.70. The average molecular weight is 275 g/mol. The van der Waals surface area contributed by atoms with Gasteiger partial charge in [0.05, 0.1) is 12.5 Å². The van der Waals surface area contributed by atoms with Gasteiger partial charge in [-0.1, -0.05) is 18.2 Å². The number of hydrogen-bond acceptors (Lipinski definition) is 3. The zero-order chi connectivity index (χ0) is 14.1. The fourth-order valence-corrected chi connectivity index (χ4v) is 3.74. The van der Waals surface area contributed by atoms with Crippen LogP contribution in [0.3, 0.4) is 0 Å². The van der Waals surface area contributed by atoms with Crippen molar-refractivity contribution in [2.75, 3.05) is 6.61 Å². The molecule has 2 bridgehead atoms. The molecule has 2 heterocycles. The number of hydrogen-bond donors (Lipinski definition) is 1. The van der Waals surface area contributed by atoms with Crippen molar-refractivity contribution in [3.63, 3.8) is 0 Å². The normalized spacial score (nSPS) is 28.8. The average Bonchev–Trinajstić information content (AvgIpc) is 2.98. The first kappa shape index (κ1) is 13.4. The second-order valence-electron chi connectivity index (χ2n) is 5.69. The number of aliphatic carboxylic acids is 1. The largest absolute Gasteiger partial charge is 0.494 e. The van der Waals surface area contributed by atoms with Gasteiger partial charge in [0.15, 0.2) is 0 Å². The fraction of sp³-hybridized carbons (Fsp3) is 0.562. The van der Waals surface area contributed by atoms with Crippen molar-refractivity contribution in [1.29, 1.82) is 0 Å². The van der Waals surface area contributed by atoms with Gasteiger partial charge in [-0.2, -0.15) is 0 Å². The third kappa shape index (κ3) is 2.29. The maximum Gasteiger partial charge on any atom is 0.308 e. The molecular weight excluding hydrogens is 254 g/mol. The molecule has 0 aliphatic carbocycles. The van der Waals surface area contributed by atoms with Crippen molar-refractivity contribution in [1.82, 2.24) is 4.90 Å². The molecule has 0 saturated carbocycles.